The maximum Gasteiger partial charge on any atom is 0.387 e. The van der Waals surface area contributed by atoms with Gasteiger partial charge in [0.15, 0.2) is 0 Å². The van der Waals surface area contributed by atoms with Crippen LogP contribution in [0.15, 0.2) is 42.5 Å². The zero-order valence-electron chi connectivity index (χ0n) is 14.3. The highest BCUT2D eigenvalue weighted by Crippen LogP contribution is 2.33. The van der Waals surface area contributed by atoms with Crippen molar-refractivity contribution in [1.82, 2.24) is 5.32 Å². The van der Waals surface area contributed by atoms with Gasteiger partial charge in [-0.05, 0) is 29.8 Å². The van der Waals surface area contributed by atoms with E-state index in [1.54, 1.807) is 24.3 Å². The van der Waals surface area contributed by atoms with Gasteiger partial charge >= 0.3 is 6.61 Å². The third-order valence-electron chi connectivity index (χ3n) is 3.86. The summed E-state index contributed by atoms with van der Waals surface area (Å²) in [5, 5.41) is 3.15. The number of methoxy groups -OCH3 is 1. The number of fused-ring (bicyclic) bond motifs is 1. The lowest BCUT2D eigenvalue weighted by Crippen LogP contribution is -2.23. The molecule has 0 radical (unpaired) electrons. The van der Waals surface area contributed by atoms with Gasteiger partial charge in [-0.15, -0.1) is 11.3 Å². The summed E-state index contributed by atoms with van der Waals surface area (Å²) in [5.41, 5.74) is 1.22. The Morgan fingerprint density at radius 2 is 1.93 bits per heavy atom. The van der Waals surface area contributed by atoms with Gasteiger partial charge in [0, 0.05) is 29.3 Å². The van der Waals surface area contributed by atoms with Crippen molar-refractivity contribution in [2.24, 2.45) is 0 Å². The van der Waals surface area contributed by atoms with Crippen LogP contribution in [-0.4, -0.2) is 19.6 Å². The summed E-state index contributed by atoms with van der Waals surface area (Å²) in [4.78, 5) is 13.0. The van der Waals surface area contributed by atoms with Crippen LogP contribution < -0.4 is 10.1 Å². The van der Waals surface area contributed by atoms with Gasteiger partial charge in [-0.2, -0.15) is 8.78 Å². The Labute approximate surface area is 157 Å². The number of thiophene rings is 1. The number of hydrogen-bond acceptors (Lipinski definition) is 4. The smallest absolute Gasteiger partial charge is 0.387 e. The van der Waals surface area contributed by atoms with Crippen molar-refractivity contribution in [2.45, 2.75) is 19.8 Å². The molecule has 0 unspecified atom stereocenters. The van der Waals surface area contributed by atoms with E-state index in [-0.39, 0.29) is 24.8 Å². The summed E-state index contributed by atoms with van der Waals surface area (Å²) < 4.78 is 48.6. The molecule has 0 spiro atoms. The minimum Gasteiger partial charge on any atom is -0.435 e. The van der Waals surface area contributed by atoms with E-state index in [0.29, 0.717) is 26.1 Å². The van der Waals surface area contributed by atoms with E-state index >= 15 is 0 Å². The summed E-state index contributed by atoms with van der Waals surface area (Å²) in [5.74, 6) is -0.706. The maximum absolute atomic E-state index is 14.2. The second-order valence-corrected chi connectivity index (χ2v) is 6.71. The molecule has 1 aromatic heterocycles. The van der Waals surface area contributed by atoms with E-state index in [4.69, 9.17) is 4.74 Å². The summed E-state index contributed by atoms with van der Waals surface area (Å²) in [6.07, 6.45) is 0. The van der Waals surface area contributed by atoms with E-state index in [9.17, 15) is 18.0 Å². The molecule has 0 aliphatic carbocycles. The molecule has 3 rings (SSSR count). The van der Waals surface area contributed by atoms with Crippen molar-refractivity contribution >= 4 is 27.3 Å². The van der Waals surface area contributed by atoms with E-state index in [2.05, 4.69) is 10.1 Å². The highest BCUT2D eigenvalue weighted by Gasteiger charge is 2.20. The van der Waals surface area contributed by atoms with Crippen LogP contribution in [0.2, 0.25) is 0 Å². The molecule has 3 aromatic rings. The van der Waals surface area contributed by atoms with E-state index in [0.717, 1.165) is 0 Å². The van der Waals surface area contributed by atoms with Crippen LogP contribution in [0.3, 0.4) is 0 Å². The van der Waals surface area contributed by atoms with E-state index in [1.165, 1.54) is 36.6 Å². The summed E-state index contributed by atoms with van der Waals surface area (Å²) in [6.45, 7) is -2.58. The molecule has 27 heavy (non-hydrogen) atoms. The molecule has 1 N–H and O–H groups in total. The molecule has 0 bridgehead atoms. The maximum atomic E-state index is 14.2. The number of rotatable bonds is 7. The third-order valence-corrected chi connectivity index (χ3v) is 5.06. The number of carbonyl (C=O) groups is 1. The lowest BCUT2D eigenvalue weighted by Gasteiger charge is -2.08. The molecule has 8 heteroatoms. The van der Waals surface area contributed by atoms with Crippen molar-refractivity contribution < 1.29 is 27.4 Å². The topological polar surface area (TPSA) is 47.6 Å². The molecule has 1 heterocycles. The van der Waals surface area contributed by atoms with Gasteiger partial charge in [0.25, 0.3) is 5.91 Å². The molecule has 142 valence electrons. The van der Waals surface area contributed by atoms with E-state index in [1.807, 2.05) is 0 Å². The lowest BCUT2D eigenvalue weighted by atomic mass is 10.1. The number of nitrogens with one attached hydrogen (secondary N) is 1. The highest BCUT2D eigenvalue weighted by molar-refractivity contribution is 7.21. The van der Waals surface area contributed by atoms with Crippen molar-refractivity contribution in [3.05, 3.63) is 64.3 Å². The first-order valence-electron chi connectivity index (χ1n) is 8.00. The van der Waals surface area contributed by atoms with Gasteiger partial charge in [-0.25, -0.2) is 4.39 Å². The molecule has 1 amide bonds. The van der Waals surface area contributed by atoms with Crippen LogP contribution in [-0.2, 0) is 17.9 Å². The first-order valence-corrected chi connectivity index (χ1v) is 8.82. The monoisotopic (exact) mass is 395 g/mol. The zero-order chi connectivity index (χ0) is 19.4. The van der Waals surface area contributed by atoms with Gasteiger partial charge in [0.2, 0.25) is 0 Å². The SMILES string of the molecule is COCc1c(C(=O)NCc2ccc(OC(F)F)cc2)sc2cccc(F)c12. The fourth-order valence-electron chi connectivity index (χ4n) is 2.68. The normalized spacial score (nSPS) is 11.1. The second-order valence-electron chi connectivity index (χ2n) is 5.66. The fourth-order valence-corrected chi connectivity index (χ4v) is 3.82. The van der Waals surface area contributed by atoms with Crippen molar-refractivity contribution in [3.63, 3.8) is 0 Å². The summed E-state index contributed by atoms with van der Waals surface area (Å²) >= 11 is 1.20. The van der Waals surface area contributed by atoms with Crippen LogP contribution in [0.1, 0.15) is 20.8 Å². The molecule has 0 aliphatic heterocycles. The first-order chi connectivity index (χ1) is 13.0. The molecule has 0 saturated heterocycles. The molecule has 0 atom stereocenters. The average molecular weight is 395 g/mol. The number of hydrogen-bond donors (Lipinski definition) is 1. The first kappa shape index (κ1) is 19.2. The van der Waals surface area contributed by atoms with Crippen LogP contribution >= 0.6 is 11.3 Å². The van der Waals surface area contributed by atoms with Gasteiger partial charge in [0.1, 0.15) is 11.6 Å². The Kier molecular flexibility index (Phi) is 5.98. The minimum absolute atomic E-state index is 0.0439. The number of carbonyl (C=O) groups excluding carboxylic acids is 1. The van der Waals surface area contributed by atoms with Gasteiger partial charge in [-0.1, -0.05) is 18.2 Å². The van der Waals surface area contributed by atoms with Crippen LogP contribution in [0.25, 0.3) is 10.1 Å². The van der Waals surface area contributed by atoms with E-state index < -0.39 is 12.4 Å². The largest absolute Gasteiger partial charge is 0.435 e. The standard InChI is InChI=1S/C19H16F3NO3S/c1-25-10-13-16-14(20)3-2-4-15(16)27-17(13)18(24)23-9-11-5-7-12(8-6-11)26-19(21)22/h2-8,19H,9-10H2,1H3,(H,23,24). The number of alkyl halides is 2. The minimum atomic E-state index is -2.89. The third kappa shape index (κ3) is 4.40. The fraction of sp³-hybridized carbons (Fsp3) is 0.211. The molecule has 0 aliphatic rings. The van der Waals surface area contributed by atoms with Crippen LogP contribution in [0.4, 0.5) is 13.2 Å². The molecule has 0 fully saturated rings. The van der Waals surface area contributed by atoms with Gasteiger partial charge in [0.05, 0.1) is 11.5 Å². The molecular formula is C19H16F3NO3S. The average Bonchev–Trinajstić information content (AvgIpc) is 3.01. The second kappa shape index (κ2) is 8.41. The van der Waals surface area contributed by atoms with Crippen molar-refractivity contribution in [1.29, 1.82) is 0 Å². The Bertz CT molecular complexity index is 941. The van der Waals surface area contributed by atoms with Crippen molar-refractivity contribution in [3.8, 4) is 5.75 Å². The highest BCUT2D eigenvalue weighted by atomic mass is 32.1. The Balaban J connectivity index is 1.76. The molecular weight excluding hydrogens is 379 g/mol. The zero-order valence-corrected chi connectivity index (χ0v) is 15.1. The van der Waals surface area contributed by atoms with Crippen molar-refractivity contribution in [2.75, 3.05) is 7.11 Å². The predicted octanol–water partition coefficient (Wildman–Crippen LogP) is 4.72. The summed E-state index contributed by atoms with van der Waals surface area (Å²) in [7, 11) is 1.48. The Morgan fingerprint density at radius 3 is 2.59 bits per heavy atom. The van der Waals surface area contributed by atoms with Crippen LogP contribution in [0, 0.1) is 5.82 Å². The Morgan fingerprint density at radius 1 is 1.19 bits per heavy atom. The number of amides is 1. The molecule has 4 nitrogen and oxygen atoms in total. The Hall–Kier alpha value is -2.58. The molecule has 0 saturated carbocycles. The lowest BCUT2D eigenvalue weighted by molar-refractivity contribution is -0.0498. The molecule has 2 aromatic carbocycles. The van der Waals surface area contributed by atoms with Gasteiger partial charge < -0.3 is 14.8 Å². The number of ether oxygens (including phenoxy) is 2. The van der Waals surface area contributed by atoms with Gasteiger partial charge in [-0.3, -0.25) is 4.79 Å². The number of halogens is 3. The predicted molar refractivity (Wildman–Crippen MR) is 96.7 cm³/mol. The quantitative estimate of drug-likeness (QED) is 0.630. The number of benzene rings is 2. The van der Waals surface area contributed by atoms with Crippen LogP contribution in [0.5, 0.6) is 5.75 Å². The summed E-state index contributed by atoms with van der Waals surface area (Å²) in [6, 6.07) is 10.7.